The zero-order chi connectivity index (χ0) is 17.3. The molecule has 0 radical (unpaired) electrons. The molecule has 1 amide bonds. The first-order valence-electron chi connectivity index (χ1n) is 8.05. The highest BCUT2D eigenvalue weighted by atomic mass is 32.2. The minimum atomic E-state index is -0.0436. The third-order valence-corrected chi connectivity index (χ3v) is 6.41. The molecule has 2 aromatic heterocycles. The van der Waals surface area contributed by atoms with Crippen molar-refractivity contribution in [3.8, 4) is 0 Å². The number of carbonyl (C=O) groups is 1. The van der Waals surface area contributed by atoms with E-state index in [9.17, 15) is 9.59 Å². The number of fused-ring (bicyclic) bond motifs is 1. The second-order valence-electron chi connectivity index (χ2n) is 5.94. The molecule has 1 aliphatic rings. The molecule has 0 spiro atoms. The summed E-state index contributed by atoms with van der Waals surface area (Å²) in [5.41, 5.74) is 0.952. The topological polar surface area (TPSA) is 55.2 Å². The molecule has 0 aliphatic carbocycles. The summed E-state index contributed by atoms with van der Waals surface area (Å²) in [6.07, 6.45) is 3.85. The Kier molecular flexibility index (Phi) is 5.10. The van der Waals surface area contributed by atoms with Crippen LogP contribution in [0.25, 0.3) is 10.2 Å². The molecule has 0 unspecified atom stereocenters. The number of allylic oxidation sites excluding steroid dienone is 1. The molecule has 1 saturated heterocycles. The third-order valence-electron chi connectivity index (χ3n) is 4.35. The second-order valence-corrected chi connectivity index (χ2v) is 8.08. The van der Waals surface area contributed by atoms with Gasteiger partial charge in [0, 0.05) is 24.5 Å². The number of rotatable bonds is 5. The molecule has 2 aromatic rings. The summed E-state index contributed by atoms with van der Waals surface area (Å²) in [5, 5.41) is 1.29. The zero-order valence-electron chi connectivity index (χ0n) is 14.0. The van der Waals surface area contributed by atoms with Crippen molar-refractivity contribution in [3.05, 3.63) is 33.4 Å². The Bertz CT molecular complexity index is 848. The van der Waals surface area contributed by atoms with Gasteiger partial charge in [-0.2, -0.15) is 0 Å². The fourth-order valence-electron chi connectivity index (χ4n) is 2.89. The van der Waals surface area contributed by atoms with E-state index in [4.69, 9.17) is 0 Å². The number of aryl methyl sites for hydroxylation is 2. The summed E-state index contributed by atoms with van der Waals surface area (Å²) in [6.45, 7) is 9.78. The number of hydrogen-bond acceptors (Lipinski definition) is 5. The predicted octanol–water partition coefficient (Wildman–Crippen LogP) is 2.98. The van der Waals surface area contributed by atoms with Crippen molar-refractivity contribution in [3.63, 3.8) is 0 Å². The molecule has 128 valence electrons. The quantitative estimate of drug-likeness (QED) is 0.466. The molecule has 1 aliphatic heterocycles. The number of nitrogens with zero attached hydrogens (tertiary/aromatic N) is 3. The standard InChI is InChI=1S/C17H21N3O2S2/c1-4-7-20-16(22)14-11(2)12(3)24-15(14)18-17(20)23-10-13(21)19-8-5-6-9-19/h4H,1,5-10H2,2-3H3. The lowest BCUT2D eigenvalue weighted by atomic mass is 10.2. The molecule has 0 atom stereocenters. The highest BCUT2D eigenvalue weighted by Gasteiger charge is 2.20. The molecule has 3 heterocycles. The van der Waals surface area contributed by atoms with Gasteiger partial charge in [-0.05, 0) is 32.3 Å². The van der Waals surface area contributed by atoms with E-state index in [1.54, 1.807) is 10.6 Å². The number of likely N-dealkylation sites (tertiary alicyclic amines) is 1. The van der Waals surface area contributed by atoms with Crippen LogP contribution in [0.5, 0.6) is 0 Å². The number of aromatic nitrogens is 2. The minimum absolute atomic E-state index is 0.0436. The van der Waals surface area contributed by atoms with Gasteiger partial charge in [0.15, 0.2) is 5.16 Å². The summed E-state index contributed by atoms with van der Waals surface area (Å²) in [6, 6.07) is 0. The van der Waals surface area contributed by atoms with Gasteiger partial charge >= 0.3 is 0 Å². The molecule has 5 nitrogen and oxygen atoms in total. The molecular formula is C17H21N3O2S2. The Hall–Kier alpha value is -1.60. The maximum atomic E-state index is 12.8. The smallest absolute Gasteiger partial charge is 0.263 e. The van der Waals surface area contributed by atoms with Crippen LogP contribution in [0.4, 0.5) is 0 Å². The Balaban J connectivity index is 1.93. The molecule has 0 bridgehead atoms. The van der Waals surface area contributed by atoms with Gasteiger partial charge in [0.25, 0.3) is 5.56 Å². The summed E-state index contributed by atoms with van der Waals surface area (Å²) in [4.78, 5) is 33.5. The highest BCUT2D eigenvalue weighted by molar-refractivity contribution is 7.99. The molecular weight excluding hydrogens is 342 g/mol. The van der Waals surface area contributed by atoms with Crippen LogP contribution in [0.3, 0.4) is 0 Å². The van der Waals surface area contributed by atoms with Crippen LogP contribution < -0.4 is 5.56 Å². The van der Waals surface area contributed by atoms with Crippen LogP contribution in [0.1, 0.15) is 23.3 Å². The summed E-state index contributed by atoms with van der Waals surface area (Å²) >= 11 is 2.88. The minimum Gasteiger partial charge on any atom is -0.342 e. The largest absolute Gasteiger partial charge is 0.342 e. The average Bonchev–Trinajstić information content (AvgIpc) is 3.18. The lowest BCUT2D eigenvalue weighted by Gasteiger charge is -2.15. The second kappa shape index (κ2) is 7.11. The van der Waals surface area contributed by atoms with Crippen LogP contribution in [0, 0.1) is 13.8 Å². The first-order chi connectivity index (χ1) is 11.5. The molecule has 7 heteroatoms. The summed E-state index contributed by atoms with van der Waals surface area (Å²) in [7, 11) is 0. The van der Waals surface area contributed by atoms with Gasteiger partial charge in [0.2, 0.25) is 5.91 Å². The maximum Gasteiger partial charge on any atom is 0.263 e. The van der Waals surface area contributed by atoms with Crippen LogP contribution >= 0.6 is 23.1 Å². The van der Waals surface area contributed by atoms with Crippen molar-refractivity contribution in [2.45, 2.75) is 38.4 Å². The van der Waals surface area contributed by atoms with E-state index in [-0.39, 0.29) is 11.5 Å². The van der Waals surface area contributed by atoms with E-state index in [1.807, 2.05) is 18.7 Å². The van der Waals surface area contributed by atoms with Gasteiger partial charge in [-0.1, -0.05) is 17.8 Å². The molecule has 1 fully saturated rings. The van der Waals surface area contributed by atoms with Crippen molar-refractivity contribution in [2.24, 2.45) is 0 Å². The van der Waals surface area contributed by atoms with Gasteiger partial charge in [-0.3, -0.25) is 14.2 Å². The maximum absolute atomic E-state index is 12.8. The molecule has 0 saturated carbocycles. The first kappa shape index (κ1) is 17.2. The van der Waals surface area contributed by atoms with Crippen LogP contribution in [-0.2, 0) is 11.3 Å². The third kappa shape index (κ3) is 3.15. The zero-order valence-corrected chi connectivity index (χ0v) is 15.6. The van der Waals surface area contributed by atoms with Gasteiger partial charge in [-0.15, -0.1) is 17.9 Å². The van der Waals surface area contributed by atoms with Crippen molar-refractivity contribution in [1.29, 1.82) is 0 Å². The van der Waals surface area contributed by atoms with E-state index in [0.29, 0.717) is 22.8 Å². The fourth-order valence-corrected chi connectivity index (χ4v) is 4.87. The molecule has 24 heavy (non-hydrogen) atoms. The Morgan fingerprint density at radius 1 is 1.38 bits per heavy atom. The SMILES string of the molecule is C=CCn1c(SCC(=O)N2CCCC2)nc2sc(C)c(C)c2c1=O. The predicted molar refractivity (Wildman–Crippen MR) is 100 cm³/mol. The van der Waals surface area contributed by atoms with Crippen LogP contribution in [0.15, 0.2) is 22.6 Å². The highest BCUT2D eigenvalue weighted by Crippen LogP contribution is 2.28. The van der Waals surface area contributed by atoms with E-state index in [0.717, 1.165) is 41.2 Å². The normalized spacial score (nSPS) is 14.5. The summed E-state index contributed by atoms with van der Waals surface area (Å²) < 4.78 is 1.62. The number of hydrogen-bond donors (Lipinski definition) is 0. The Labute approximate surface area is 149 Å². The molecule has 0 aromatic carbocycles. The van der Waals surface area contributed by atoms with E-state index < -0.39 is 0 Å². The number of thioether (sulfide) groups is 1. The van der Waals surface area contributed by atoms with E-state index >= 15 is 0 Å². The van der Waals surface area contributed by atoms with Crippen molar-refractivity contribution >= 4 is 39.2 Å². The average molecular weight is 364 g/mol. The number of amides is 1. The van der Waals surface area contributed by atoms with Crippen LogP contribution in [-0.4, -0.2) is 39.2 Å². The lowest BCUT2D eigenvalue weighted by Crippen LogP contribution is -2.30. The van der Waals surface area contributed by atoms with Gasteiger partial charge in [0.05, 0.1) is 11.1 Å². The monoisotopic (exact) mass is 363 g/mol. The molecule has 0 N–H and O–H groups in total. The molecule has 3 rings (SSSR count). The summed E-state index contributed by atoms with van der Waals surface area (Å²) in [5.74, 6) is 0.439. The lowest BCUT2D eigenvalue weighted by molar-refractivity contribution is -0.127. The Morgan fingerprint density at radius 3 is 2.75 bits per heavy atom. The fraction of sp³-hybridized carbons (Fsp3) is 0.471. The first-order valence-corrected chi connectivity index (χ1v) is 9.85. The van der Waals surface area contributed by atoms with Crippen molar-refractivity contribution in [1.82, 2.24) is 14.5 Å². The van der Waals surface area contributed by atoms with Crippen molar-refractivity contribution < 1.29 is 4.79 Å². The number of carbonyl (C=O) groups excluding carboxylic acids is 1. The Morgan fingerprint density at radius 2 is 2.08 bits per heavy atom. The van der Waals surface area contributed by atoms with Crippen molar-refractivity contribution in [2.75, 3.05) is 18.8 Å². The number of thiophene rings is 1. The van der Waals surface area contributed by atoms with Gasteiger partial charge in [-0.25, -0.2) is 4.98 Å². The van der Waals surface area contributed by atoms with E-state index in [2.05, 4.69) is 11.6 Å². The van der Waals surface area contributed by atoms with Crippen LogP contribution in [0.2, 0.25) is 0 Å². The van der Waals surface area contributed by atoms with E-state index in [1.165, 1.54) is 23.1 Å². The van der Waals surface area contributed by atoms with Gasteiger partial charge < -0.3 is 4.90 Å². The van der Waals surface area contributed by atoms with Gasteiger partial charge in [0.1, 0.15) is 4.83 Å².